The Labute approximate surface area is 324 Å². The van der Waals surface area contributed by atoms with Crippen LogP contribution in [0.3, 0.4) is 0 Å². The molecule has 2 amide bonds. The highest BCUT2D eigenvalue weighted by molar-refractivity contribution is 6.00. The van der Waals surface area contributed by atoms with Crippen molar-refractivity contribution in [1.82, 2.24) is 34.9 Å². The van der Waals surface area contributed by atoms with Gasteiger partial charge in [0, 0.05) is 62.5 Å². The number of alkyl halides is 1. The lowest BCUT2D eigenvalue weighted by atomic mass is 9.84. The molecule has 0 radical (unpaired) electrons. The minimum Gasteiger partial charge on any atom is -0.457 e. The zero-order valence-corrected chi connectivity index (χ0v) is 31.3. The number of nitrogens with one attached hydrogen (secondary N) is 1. The van der Waals surface area contributed by atoms with Crippen molar-refractivity contribution in [2.24, 2.45) is 5.92 Å². The number of ether oxygens (including phenoxy) is 1. The number of imide groups is 1. The Morgan fingerprint density at radius 1 is 0.857 bits per heavy atom. The van der Waals surface area contributed by atoms with Crippen LogP contribution in [0.2, 0.25) is 0 Å². The first-order chi connectivity index (χ1) is 27.3. The Bertz CT molecular complexity index is 2270. The van der Waals surface area contributed by atoms with Crippen LogP contribution >= 0.6 is 0 Å². The number of nitrogen functional groups attached to an aromatic ring is 1. The van der Waals surface area contributed by atoms with Crippen LogP contribution in [0.25, 0.3) is 22.3 Å². The van der Waals surface area contributed by atoms with Crippen LogP contribution in [0.15, 0.2) is 79.1 Å². The first-order valence-corrected chi connectivity index (χ1v) is 20.0. The monoisotopic (exact) mass is 755 g/mol. The molecular formula is C43H46FN9O3. The smallest absolute Gasteiger partial charge is 0.243 e. The zero-order chi connectivity index (χ0) is 37.9. The number of hydrogen-bond acceptors (Lipinski definition) is 10. The third-order valence-electron chi connectivity index (χ3n) is 12.8. The number of carbonyl (C=O) groups excluding carboxylic acids is 2. The molecular weight excluding hydrogens is 710 g/mol. The van der Waals surface area contributed by atoms with Gasteiger partial charge in [-0.05, 0) is 104 Å². The molecule has 288 valence electrons. The molecule has 13 heteroatoms. The fourth-order valence-electron chi connectivity index (χ4n) is 10.0. The lowest BCUT2D eigenvalue weighted by Crippen LogP contribution is -2.55. The normalized spacial score (nSPS) is 26.8. The summed E-state index contributed by atoms with van der Waals surface area (Å²) in [6.07, 6.45) is 5.74. The Morgan fingerprint density at radius 2 is 1.62 bits per heavy atom. The molecule has 2 aromatic heterocycles. The number of nitrogens with zero attached hydrogens (tertiary/aromatic N) is 7. The fraction of sp³-hybridized carbons (Fsp3) is 0.419. The SMILES string of the molecule is Nc1ncnc2c1c(-c1ccc(Oc3ccccc3)cc1)nn2C1CCC(CN2C3CCC2CN(c2ccc4c(c2)CN(C2CCC(=O)NC2=O)C4)C3)CC1F. The highest BCUT2D eigenvalue weighted by atomic mass is 19.1. The number of para-hydroxylation sites is 1. The maximum atomic E-state index is 16.4. The summed E-state index contributed by atoms with van der Waals surface area (Å²) >= 11 is 0. The van der Waals surface area contributed by atoms with E-state index in [2.05, 4.69) is 48.2 Å². The number of aromatic nitrogens is 4. The predicted octanol–water partition coefficient (Wildman–Crippen LogP) is 6.02. The van der Waals surface area contributed by atoms with Crippen molar-refractivity contribution in [3.8, 4) is 22.8 Å². The van der Waals surface area contributed by atoms with E-state index >= 15 is 4.39 Å². The first kappa shape index (κ1) is 35.0. The lowest BCUT2D eigenvalue weighted by Gasteiger charge is -2.44. The van der Waals surface area contributed by atoms with Gasteiger partial charge in [-0.3, -0.25) is 24.7 Å². The molecule has 3 N–H and O–H groups in total. The van der Waals surface area contributed by atoms with Crippen molar-refractivity contribution in [3.05, 3.63) is 90.3 Å². The van der Waals surface area contributed by atoms with E-state index in [0.717, 1.165) is 63.3 Å². The van der Waals surface area contributed by atoms with Crippen LogP contribution in [-0.2, 0) is 22.7 Å². The summed E-state index contributed by atoms with van der Waals surface area (Å²) in [5, 5.41) is 8.13. The number of piperidine rings is 1. The molecule has 3 aromatic carbocycles. The van der Waals surface area contributed by atoms with Crippen LogP contribution in [0.5, 0.6) is 11.5 Å². The molecule has 1 saturated carbocycles. The first-order valence-electron chi connectivity index (χ1n) is 20.0. The van der Waals surface area contributed by atoms with Gasteiger partial charge < -0.3 is 15.4 Å². The summed E-state index contributed by atoms with van der Waals surface area (Å²) in [6.45, 7) is 4.30. The van der Waals surface area contributed by atoms with Crippen molar-refractivity contribution in [2.45, 2.75) is 88.4 Å². The van der Waals surface area contributed by atoms with Gasteiger partial charge in [-0.25, -0.2) is 19.0 Å². The van der Waals surface area contributed by atoms with Gasteiger partial charge in [0.1, 0.15) is 35.5 Å². The van der Waals surface area contributed by atoms with E-state index in [1.807, 2.05) is 54.6 Å². The molecule has 3 saturated heterocycles. The second kappa shape index (κ2) is 14.3. The summed E-state index contributed by atoms with van der Waals surface area (Å²) in [7, 11) is 0. The average Bonchev–Trinajstić information content (AvgIpc) is 3.86. The molecule has 56 heavy (non-hydrogen) atoms. The number of amides is 2. The van der Waals surface area contributed by atoms with Crippen LogP contribution in [0, 0.1) is 5.92 Å². The minimum absolute atomic E-state index is 0.175. The zero-order valence-electron chi connectivity index (χ0n) is 31.3. The number of halogens is 1. The van der Waals surface area contributed by atoms with E-state index in [4.69, 9.17) is 15.6 Å². The second-order valence-electron chi connectivity index (χ2n) is 16.3. The molecule has 2 bridgehead atoms. The van der Waals surface area contributed by atoms with E-state index in [9.17, 15) is 9.59 Å². The Balaban J connectivity index is 0.791. The topological polar surface area (TPSA) is 135 Å². The van der Waals surface area contributed by atoms with Gasteiger partial charge in [0.05, 0.1) is 17.5 Å². The molecule has 0 spiro atoms. The van der Waals surface area contributed by atoms with E-state index in [-0.39, 0.29) is 23.8 Å². The number of rotatable bonds is 8. The molecule has 4 fully saturated rings. The number of nitrogens with two attached hydrogens (primary N) is 1. The molecule has 6 unspecified atom stereocenters. The third-order valence-corrected chi connectivity index (χ3v) is 12.8. The van der Waals surface area contributed by atoms with Crippen LogP contribution < -0.4 is 20.7 Å². The van der Waals surface area contributed by atoms with E-state index in [0.29, 0.717) is 66.1 Å². The maximum absolute atomic E-state index is 16.4. The summed E-state index contributed by atoms with van der Waals surface area (Å²) in [4.78, 5) is 40.5. The summed E-state index contributed by atoms with van der Waals surface area (Å²) in [6, 6.07) is 24.3. The Kier molecular flexibility index (Phi) is 8.93. The van der Waals surface area contributed by atoms with Gasteiger partial charge in [-0.2, -0.15) is 5.10 Å². The Hall–Kier alpha value is -5.40. The van der Waals surface area contributed by atoms with Crippen molar-refractivity contribution in [1.29, 1.82) is 0 Å². The van der Waals surface area contributed by atoms with E-state index < -0.39 is 12.2 Å². The summed E-state index contributed by atoms with van der Waals surface area (Å²) < 4.78 is 24.2. The largest absolute Gasteiger partial charge is 0.457 e. The van der Waals surface area contributed by atoms with E-state index in [1.54, 1.807) is 4.68 Å². The molecule has 10 rings (SSSR count). The summed E-state index contributed by atoms with van der Waals surface area (Å²) in [5.41, 5.74) is 12.2. The average molecular weight is 756 g/mol. The fourth-order valence-corrected chi connectivity index (χ4v) is 10.0. The highest BCUT2D eigenvalue weighted by Gasteiger charge is 2.43. The second-order valence-corrected chi connectivity index (χ2v) is 16.3. The molecule has 5 aromatic rings. The van der Waals surface area contributed by atoms with Gasteiger partial charge in [0.25, 0.3) is 0 Å². The molecule has 1 aliphatic carbocycles. The van der Waals surface area contributed by atoms with Crippen LogP contribution in [-0.4, -0.2) is 85.3 Å². The third kappa shape index (κ3) is 6.46. The molecule has 6 atom stereocenters. The van der Waals surface area contributed by atoms with E-state index in [1.165, 1.54) is 23.1 Å². The van der Waals surface area contributed by atoms with Crippen molar-refractivity contribution < 1.29 is 18.7 Å². The van der Waals surface area contributed by atoms with Crippen LogP contribution in [0.4, 0.5) is 15.9 Å². The van der Waals surface area contributed by atoms with Crippen molar-refractivity contribution in [3.63, 3.8) is 0 Å². The molecule has 6 heterocycles. The lowest BCUT2D eigenvalue weighted by molar-refractivity contribution is -0.137. The van der Waals surface area contributed by atoms with Gasteiger partial charge in [-0.15, -0.1) is 0 Å². The van der Waals surface area contributed by atoms with Gasteiger partial charge in [0.15, 0.2) is 5.65 Å². The number of benzene rings is 3. The van der Waals surface area contributed by atoms with Gasteiger partial charge in [0.2, 0.25) is 11.8 Å². The van der Waals surface area contributed by atoms with Crippen molar-refractivity contribution >= 4 is 34.4 Å². The molecule has 5 aliphatic rings. The minimum atomic E-state index is -1.06. The number of anilines is 2. The highest BCUT2D eigenvalue weighted by Crippen LogP contribution is 2.42. The van der Waals surface area contributed by atoms with Gasteiger partial charge >= 0.3 is 0 Å². The number of hydrogen-bond donors (Lipinski definition) is 2. The molecule has 12 nitrogen and oxygen atoms in total. The van der Waals surface area contributed by atoms with Gasteiger partial charge in [-0.1, -0.05) is 24.3 Å². The Morgan fingerprint density at radius 3 is 2.39 bits per heavy atom. The quantitative estimate of drug-likeness (QED) is 0.181. The molecule has 4 aliphatic heterocycles. The summed E-state index contributed by atoms with van der Waals surface area (Å²) in [5.74, 6) is 1.70. The maximum Gasteiger partial charge on any atom is 0.243 e. The van der Waals surface area contributed by atoms with Crippen molar-refractivity contribution in [2.75, 3.05) is 30.3 Å². The standard InChI is InChI=1S/C43H46FN9O3/c44-35-18-26(6-15-36(35)53-42-39(41(45)46-25-47-42)40(49-53)27-8-13-34(14-9-27)56-33-4-2-1-3-5-33)20-52-31-11-12-32(52)24-50(23-31)30-10-7-28-21-51(22-29(28)19-30)37-16-17-38(54)48-43(37)55/h1-5,7-10,13-14,19,25-26,31-32,35-37H,6,11-12,15-18,20-24H2,(H2,45,46,47)(H,48,54,55). The number of piperazine rings is 1. The number of fused-ring (bicyclic) bond motifs is 4. The predicted molar refractivity (Wildman–Crippen MR) is 211 cm³/mol. The number of carbonyl (C=O) groups is 2. The van der Waals surface area contributed by atoms with Crippen LogP contribution in [0.1, 0.15) is 62.1 Å².